The van der Waals surface area contributed by atoms with Gasteiger partial charge in [-0.3, -0.25) is 4.79 Å². The molecule has 1 rings (SSSR count). The second-order valence-corrected chi connectivity index (χ2v) is 2.75. The summed E-state index contributed by atoms with van der Waals surface area (Å²) in [4.78, 5) is 10.5. The quantitative estimate of drug-likeness (QED) is 0.444. The van der Waals surface area contributed by atoms with E-state index in [1.807, 2.05) is 36.4 Å². The molecule has 0 heterocycles. The van der Waals surface area contributed by atoms with Crippen LogP contribution in [0, 0.1) is 0 Å². The van der Waals surface area contributed by atoms with E-state index in [1.165, 1.54) is 6.08 Å². The highest BCUT2D eigenvalue weighted by molar-refractivity contribution is 5.79. The van der Waals surface area contributed by atoms with E-state index in [2.05, 4.69) is 0 Å². The van der Waals surface area contributed by atoms with E-state index in [0.29, 0.717) is 5.57 Å². The molecule has 0 bridgehead atoms. The van der Waals surface area contributed by atoms with Crippen molar-refractivity contribution in [2.75, 3.05) is 6.61 Å². The number of rotatable bonds is 4. The van der Waals surface area contributed by atoms with Gasteiger partial charge in [0.15, 0.2) is 0 Å². The first-order valence-electron chi connectivity index (χ1n) is 4.36. The summed E-state index contributed by atoms with van der Waals surface area (Å²) in [7, 11) is 0. The van der Waals surface area contributed by atoms with Crippen molar-refractivity contribution in [1.29, 1.82) is 0 Å². The molecule has 1 N–H and O–H groups in total. The molecule has 0 saturated carbocycles. The molecular formula is C12H12O2. The van der Waals surface area contributed by atoms with Crippen LogP contribution in [-0.2, 0) is 4.79 Å². The van der Waals surface area contributed by atoms with Crippen molar-refractivity contribution in [3.63, 3.8) is 0 Å². The lowest BCUT2D eigenvalue weighted by atomic mass is 10.1. The van der Waals surface area contributed by atoms with Crippen molar-refractivity contribution in [3.05, 3.63) is 53.6 Å². The fraction of sp³-hybridized carbons (Fsp3) is 0.0833. The summed E-state index contributed by atoms with van der Waals surface area (Å²) < 4.78 is 0. The highest BCUT2D eigenvalue weighted by Gasteiger charge is 1.87. The molecule has 0 fully saturated rings. The zero-order valence-electron chi connectivity index (χ0n) is 7.76. The van der Waals surface area contributed by atoms with Crippen LogP contribution in [0.3, 0.4) is 0 Å². The standard InChI is InChI=1S/C12H12O2/c13-9-8-12(10-14)7-6-11-4-2-1-3-5-11/h1-8,10,13H,9H2/b7-6+,12-8+. The van der Waals surface area contributed by atoms with Crippen LogP contribution in [0.1, 0.15) is 5.56 Å². The molecule has 1 aromatic carbocycles. The Labute approximate surface area is 83.2 Å². The number of hydrogen-bond acceptors (Lipinski definition) is 2. The molecule has 72 valence electrons. The molecule has 0 aliphatic carbocycles. The molecule has 0 amide bonds. The Morgan fingerprint density at radius 2 is 2.00 bits per heavy atom. The van der Waals surface area contributed by atoms with Gasteiger partial charge in [-0.1, -0.05) is 42.5 Å². The summed E-state index contributed by atoms with van der Waals surface area (Å²) in [5.41, 5.74) is 1.51. The van der Waals surface area contributed by atoms with E-state index in [0.717, 1.165) is 11.8 Å². The molecule has 14 heavy (non-hydrogen) atoms. The van der Waals surface area contributed by atoms with Gasteiger partial charge in [-0.05, 0) is 11.6 Å². The maximum atomic E-state index is 10.5. The zero-order valence-corrected chi connectivity index (χ0v) is 7.76. The summed E-state index contributed by atoms with van der Waals surface area (Å²) in [6.45, 7) is -0.118. The van der Waals surface area contributed by atoms with E-state index in [-0.39, 0.29) is 6.61 Å². The van der Waals surface area contributed by atoms with Gasteiger partial charge >= 0.3 is 0 Å². The van der Waals surface area contributed by atoms with Gasteiger partial charge in [0.1, 0.15) is 6.29 Å². The Hall–Kier alpha value is -1.67. The molecule has 2 nitrogen and oxygen atoms in total. The van der Waals surface area contributed by atoms with Crippen molar-refractivity contribution >= 4 is 12.4 Å². The maximum Gasteiger partial charge on any atom is 0.149 e. The second kappa shape index (κ2) is 5.89. The minimum Gasteiger partial charge on any atom is -0.392 e. The third-order valence-corrected chi connectivity index (χ3v) is 1.73. The lowest BCUT2D eigenvalue weighted by Gasteiger charge is -1.91. The van der Waals surface area contributed by atoms with E-state index in [1.54, 1.807) is 6.08 Å². The Bertz CT molecular complexity index is 337. The van der Waals surface area contributed by atoms with Crippen molar-refractivity contribution in [2.24, 2.45) is 0 Å². The van der Waals surface area contributed by atoms with Crippen LogP contribution < -0.4 is 0 Å². The SMILES string of the molecule is O=CC(/C=C/c1ccccc1)=C/CO. The van der Waals surface area contributed by atoms with Gasteiger partial charge in [0.05, 0.1) is 6.61 Å². The molecule has 0 atom stereocenters. The molecule has 0 unspecified atom stereocenters. The molecule has 0 spiro atoms. The first-order valence-corrected chi connectivity index (χ1v) is 4.36. The minimum absolute atomic E-state index is 0.118. The molecule has 1 aromatic rings. The molecule has 0 saturated heterocycles. The van der Waals surface area contributed by atoms with E-state index in [9.17, 15) is 4.79 Å². The van der Waals surface area contributed by atoms with Gasteiger partial charge in [0.25, 0.3) is 0 Å². The summed E-state index contributed by atoms with van der Waals surface area (Å²) in [6, 6.07) is 9.67. The molecule has 0 aliphatic heterocycles. The zero-order chi connectivity index (χ0) is 10.2. The number of carbonyl (C=O) groups is 1. The average molecular weight is 188 g/mol. The van der Waals surface area contributed by atoms with Crippen LogP contribution in [0.4, 0.5) is 0 Å². The lowest BCUT2D eigenvalue weighted by molar-refractivity contribution is -0.104. The van der Waals surface area contributed by atoms with Gasteiger partial charge in [-0.25, -0.2) is 0 Å². The van der Waals surface area contributed by atoms with Crippen LogP contribution in [0.15, 0.2) is 48.1 Å². The first-order chi connectivity index (χ1) is 6.86. The van der Waals surface area contributed by atoms with Crippen molar-refractivity contribution in [1.82, 2.24) is 0 Å². The lowest BCUT2D eigenvalue weighted by Crippen LogP contribution is -1.82. The summed E-state index contributed by atoms with van der Waals surface area (Å²) >= 11 is 0. The molecule has 0 aliphatic rings. The number of allylic oxidation sites excluding steroid dienone is 2. The smallest absolute Gasteiger partial charge is 0.149 e. The van der Waals surface area contributed by atoms with E-state index in [4.69, 9.17) is 5.11 Å². The van der Waals surface area contributed by atoms with Gasteiger partial charge in [0.2, 0.25) is 0 Å². The van der Waals surface area contributed by atoms with E-state index >= 15 is 0 Å². The number of carbonyl (C=O) groups excluding carboxylic acids is 1. The van der Waals surface area contributed by atoms with Crippen molar-refractivity contribution < 1.29 is 9.90 Å². The normalized spacial score (nSPS) is 11.9. The Morgan fingerprint density at radius 1 is 1.29 bits per heavy atom. The highest BCUT2D eigenvalue weighted by Crippen LogP contribution is 2.03. The number of hydrogen-bond donors (Lipinski definition) is 1. The van der Waals surface area contributed by atoms with Crippen molar-refractivity contribution in [3.8, 4) is 0 Å². The number of aldehydes is 1. The third-order valence-electron chi connectivity index (χ3n) is 1.73. The topological polar surface area (TPSA) is 37.3 Å². The van der Waals surface area contributed by atoms with E-state index < -0.39 is 0 Å². The Balaban J connectivity index is 2.72. The van der Waals surface area contributed by atoms with Gasteiger partial charge in [0, 0.05) is 5.57 Å². The van der Waals surface area contributed by atoms with Crippen LogP contribution in [0.5, 0.6) is 0 Å². The van der Waals surface area contributed by atoms with Gasteiger partial charge in [-0.2, -0.15) is 0 Å². The highest BCUT2D eigenvalue weighted by atomic mass is 16.2. The largest absolute Gasteiger partial charge is 0.392 e. The molecule has 0 radical (unpaired) electrons. The average Bonchev–Trinajstić information content (AvgIpc) is 2.25. The van der Waals surface area contributed by atoms with Crippen LogP contribution in [-0.4, -0.2) is 18.0 Å². The van der Waals surface area contributed by atoms with Gasteiger partial charge in [-0.15, -0.1) is 0 Å². The summed E-state index contributed by atoms with van der Waals surface area (Å²) in [5.74, 6) is 0. The second-order valence-electron chi connectivity index (χ2n) is 2.75. The fourth-order valence-corrected chi connectivity index (χ4v) is 1.02. The fourth-order valence-electron chi connectivity index (χ4n) is 1.02. The molecular weight excluding hydrogens is 176 g/mol. The number of benzene rings is 1. The van der Waals surface area contributed by atoms with Crippen molar-refractivity contribution in [2.45, 2.75) is 0 Å². The minimum atomic E-state index is -0.118. The molecule has 0 aromatic heterocycles. The summed E-state index contributed by atoms with van der Waals surface area (Å²) in [5, 5.41) is 8.60. The molecule has 2 heteroatoms. The maximum absolute atomic E-state index is 10.5. The third kappa shape index (κ3) is 3.37. The predicted molar refractivity (Wildman–Crippen MR) is 56.7 cm³/mol. The monoisotopic (exact) mass is 188 g/mol. The van der Waals surface area contributed by atoms with Crippen LogP contribution >= 0.6 is 0 Å². The summed E-state index contributed by atoms with van der Waals surface area (Å²) in [6.07, 6.45) is 5.69. The Morgan fingerprint density at radius 3 is 2.57 bits per heavy atom. The Kier molecular flexibility index (Phi) is 4.38. The number of aliphatic hydroxyl groups is 1. The first kappa shape index (κ1) is 10.4. The predicted octanol–water partition coefficient (Wildman–Crippen LogP) is 1.82. The van der Waals surface area contributed by atoms with Crippen LogP contribution in [0.25, 0.3) is 6.08 Å². The van der Waals surface area contributed by atoms with Gasteiger partial charge < -0.3 is 5.11 Å². The van der Waals surface area contributed by atoms with Crippen LogP contribution in [0.2, 0.25) is 0 Å². The number of aliphatic hydroxyl groups excluding tert-OH is 1.